The molecular weight excluding hydrogens is 567 g/mol. The molecule has 1 aliphatic carbocycles. The van der Waals surface area contributed by atoms with Gasteiger partial charge in [0.1, 0.15) is 0 Å². The number of nitrogens with one attached hydrogen (secondary N) is 1. The topological polar surface area (TPSA) is 75.4 Å². The minimum Gasteiger partial charge on any atom is -0.355 e. The first-order valence-corrected chi connectivity index (χ1v) is 14.0. The Kier molecular flexibility index (Phi) is 12.2. The summed E-state index contributed by atoms with van der Waals surface area (Å²) in [5.41, 5.74) is 5.16. The molecule has 1 aliphatic heterocycles. The van der Waals surface area contributed by atoms with Crippen molar-refractivity contribution in [1.82, 2.24) is 10.2 Å². The van der Waals surface area contributed by atoms with Crippen LogP contribution in [0, 0.1) is 12.8 Å². The number of nitrogens with zero attached hydrogens (tertiary/aromatic N) is 1. The first-order valence-electron chi connectivity index (χ1n) is 13.1. The van der Waals surface area contributed by atoms with Crippen LogP contribution in [0.4, 0.5) is 13.2 Å². The highest BCUT2D eigenvalue weighted by Crippen LogP contribution is 2.40. The van der Waals surface area contributed by atoms with Crippen molar-refractivity contribution in [2.75, 3.05) is 19.6 Å². The SMILES string of the molecule is Cc1cc(C(F)(F)F)cc(C2(C(=O)NCC3CCCCC3)CCN(C(=O)[C@@H](N)Cc3cccs3)CC2)c1.Cl.S. The molecule has 4 rings (SSSR count). The Morgan fingerprint density at radius 3 is 2.41 bits per heavy atom. The number of amides is 2. The molecular formula is C28H39ClF3N3O2S2. The third-order valence-corrected chi connectivity index (χ3v) is 8.81. The first-order chi connectivity index (χ1) is 17.6. The number of piperidine rings is 1. The van der Waals surface area contributed by atoms with Crippen LogP contribution in [-0.2, 0) is 27.6 Å². The zero-order valence-electron chi connectivity index (χ0n) is 22.2. The Morgan fingerprint density at radius 2 is 1.82 bits per heavy atom. The number of nitrogens with two attached hydrogens (primary N) is 1. The summed E-state index contributed by atoms with van der Waals surface area (Å²) in [5.74, 6) is -0.0356. The number of alkyl halides is 3. The molecule has 39 heavy (non-hydrogen) atoms. The molecule has 0 spiro atoms. The van der Waals surface area contributed by atoms with Crippen LogP contribution in [0.3, 0.4) is 0 Å². The maximum absolute atomic E-state index is 13.7. The fraction of sp³-hybridized carbons (Fsp3) is 0.571. The van der Waals surface area contributed by atoms with E-state index in [1.54, 1.807) is 29.2 Å². The predicted octanol–water partition coefficient (Wildman–Crippen LogP) is 5.74. The molecule has 218 valence electrons. The number of likely N-dealkylation sites (tertiary alicyclic amines) is 1. The third kappa shape index (κ3) is 8.15. The zero-order chi connectivity index (χ0) is 26.6. The Labute approximate surface area is 246 Å². The van der Waals surface area contributed by atoms with E-state index in [9.17, 15) is 22.8 Å². The highest BCUT2D eigenvalue weighted by Gasteiger charge is 2.45. The van der Waals surface area contributed by atoms with Crippen LogP contribution in [0.1, 0.15) is 66.5 Å². The van der Waals surface area contributed by atoms with Crippen molar-refractivity contribution in [1.29, 1.82) is 0 Å². The monoisotopic (exact) mass is 605 g/mol. The van der Waals surface area contributed by atoms with Gasteiger partial charge < -0.3 is 16.0 Å². The van der Waals surface area contributed by atoms with Crippen molar-refractivity contribution in [3.05, 3.63) is 57.3 Å². The van der Waals surface area contributed by atoms with Crippen LogP contribution in [-0.4, -0.2) is 42.4 Å². The number of rotatable bonds is 7. The van der Waals surface area contributed by atoms with Crippen LogP contribution in [0.25, 0.3) is 0 Å². The van der Waals surface area contributed by atoms with E-state index >= 15 is 0 Å². The van der Waals surface area contributed by atoms with Crippen LogP contribution in [0.15, 0.2) is 35.7 Å². The van der Waals surface area contributed by atoms with Gasteiger partial charge in [-0.25, -0.2) is 0 Å². The molecule has 1 atom stereocenters. The second-order valence-electron chi connectivity index (χ2n) is 10.6. The fourth-order valence-corrected chi connectivity index (χ4v) is 6.51. The number of aryl methyl sites for hydroxylation is 1. The molecule has 0 unspecified atom stereocenters. The molecule has 2 heterocycles. The standard InChI is InChI=1S/C28H36F3N3O2S.ClH.H2S/c1-19-14-21(16-22(15-19)28(29,30)31)27(26(36)33-18-20-6-3-2-4-7-20)9-11-34(12-10-27)25(35)24(32)17-23-8-5-13-37-23;;/h5,8,13-16,20,24H,2-4,6-7,9-12,17-18,32H2,1H3,(H,33,36);1H;1H2/t24-;;/m0../s1. The molecule has 2 aromatic rings. The molecule has 0 radical (unpaired) electrons. The lowest BCUT2D eigenvalue weighted by atomic mass is 9.71. The van der Waals surface area contributed by atoms with Crippen molar-refractivity contribution >= 4 is 49.1 Å². The van der Waals surface area contributed by atoms with Crippen molar-refractivity contribution in [2.24, 2.45) is 11.7 Å². The van der Waals surface area contributed by atoms with Gasteiger partial charge in [0.05, 0.1) is 17.0 Å². The van der Waals surface area contributed by atoms with Gasteiger partial charge in [-0.3, -0.25) is 9.59 Å². The van der Waals surface area contributed by atoms with Crippen molar-refractivity contribution in [3.8, 4) is 0 Å². The summed E-state index contributed by atoms with van der Waals surface area (Å²) in [4.78, 5) is 29.5. The Bertz CT molecular complexity index is 1080. The molecule has 11 heteroatoms. The summed E-state index contributed by atoms with van der Waals surface area (Å²) in [6, 6.07) is 7.07. The first kappa shape index (κ1) is 33.5. The van der Waals surface area contributed by atoms with E-state index in [2.05, 4.69) is 5.32 Å². The van der Waals surface area contributed by atoms with Gasteiger partial charge in [-0.1, -0.05) is 37.0 Å². The average molecular weight is 606 g/mol. The van der Waals surface area contributed by atoms with E-state index in [4.69, 9.17) is 5.73 Å². The Balaban J connectivity index is 0.00000267. The summed E-state index contributed by atoms with van der Waals surface area (Å²) < 4.78 is 41.0. The predicted molar refractivity (Wildman–Crippen MR) is 157 cm³/mol. The number of hydrogen-bond donors (Lipinski definition) is 2. The molecule has 2 fully saturated rings. The highest BCUT2D eigenvalue weighted by atomic mass is 35.5. The summed E-state index contributed by atoms with van der Waals surface area (Å²) in [7, 11) is 0. The van der Waals surface area contributed by atoms with Gasteiger partial charge in [0, 0.05) is 30.9 Å². The van der Waals surface area contributed by atoms with Crippen LogP contribution >= 0.6 is 37.2 Å². The van der Waals surface area contributed by atoms with E-state index in [1.165, 1.54) is 6.42 Å². The minimum atomic E-state index is -4.51. The number of halogens is 4. The number of carbonyl (C=O) groups is 2. The van der Waals surface area contributed by atoms with Crippen molar-refractivity contribution in [3.63, 3.8) is 0 Å². The van der Waals surface area contributed by atoms with Gasteiger partial charge in [-0.2, -0.15) is 26.7 Å². The molecule has 1 aromatic heterocycles. The molecule has 0 bridgehead atoms. The summed E-state index contributed by atoms with van der Waals surface area (Å²) in [6.07, 6.45) is 2.03. The lowest BCUT2D eigenvalue weighted by Gasteiger charge is -2.42. The normalized spacial score (nSPS) is 18.4. The lowest BCUT2D eigenvalue weighted by Crippen LogP contribution is -2.55. The maximum Gasteiger partial charge on any atom is 0.416 e. The van der Waals surface area contributed by atoms with Crippen LogP contribution in [0.2, 0.25) is 0 Å². The highest BCUT2D eigenvalue weighted by molar-refractivity contribution is 7.59. The van der Waals surface area contributed by atoms with Gasteiger partial charge >= 0.3 is 6.18 Å². The molecule has 1 aromatic carbocycles. The van der Waals surface area contributed by atoms with Crippen LogP contribution in [0.5, 0.6) is 0 Å². The van der Waals surface area contributed by atoms with Gasteiger partial charge in [0.15, 0.2) is 0 Å². The Hall–Kier alpha value is -1.75. The average Bonchev–Trinajstić information content (AvgIpc) is 3.39. The van der Waals surface area contributed by atoms with Gasteiger partial charge in [0.25, 0.3) is 0 Å². The fourth-order valence-electron chi connectivity index (χ4n) is 5.74. The van der Waals surface area contributed by atoms with Gasteiger partial charge in [-0.15, -0.1) is 23.7 Å². The second kappa shape index (κ2) is 14.2. The van der Waals surface area contributed by atoms with Crippen molar-refractivity contribution in [2.45, 2.75) is 75.9 Å². The Morgan fingerprint density at radius 1 is 1.15 bits per heavy atom. The molecule has 1 saturated carbocycles. The zero-order valence-corrected chi connectivity index (χ0v) is 24.8. The van der Waals surface area contributed by atoms with E-state index in [-0.39, 0.29) is 63.6 Å². The van der Waals surface area contributed by atoms with E-state index < -0.39 is 23.2 Å². The number of thiophene rings is 1. The largest absolute Gasteiger partial charge is 0.416 e. The molecule has 2 amide bonds. The molecule has 2 aliphatic rings. The summed E-state index contributed by atoms with van der Waals surface area (Å²) >= 11 is 1.54. The van der Waals surface area contributed by atoms with Crippen LogP contribution < -0.4 is 11.1 Å². The van der Waals surface area contributed by atoms with Crippen molar-refractivity contribution < 1.29 is 22.8 Å². The number of carbonyl (C=O) groups excluding carboxylic acids is 2. The molecule has 3 N–H and O–H groups in total. The summed E-state index contributed by atoms with van der Waals surface area (Å²) in [6.45, 7) is 2.69. The number of benzene rings is 1. The smallest absolute Gasteiger partial charge is 0.355 e. The number of hydrogen-bond acceptors (Lipinski definition) is 4. The second-order valence-corrected chi connectivity index (χ2v) is 11.6. The van der Waals surface area contributed by atoms with Gasteiger partial charge in [-0.05, 0) is 67.7 Å². The van der Waals surface area contributed by atoms with E-state index in [0.717, 1.165) is 42.7 Å². The van der Waals surface area contributed by atoms with E-state index in [0.29, 0.717) is 30.0 Å². The molecule has 5 nitrogen and oxygen atoms in total. The summed E-state index contributed by atoms with van der Waals surface area (Å²) in [5, 5.41) is 5.02. The quantitative estimate of drug-likeness (QED) is 0.423. The molecule has 1 saturated heterocycles. The van der Waals surface area contributed by atoms with E-state index in [1.807, 2.05) is 17.5 Å². The maximum atomic E-state index is 13.7. The minimum absolute atomic E-state index is 0. The lowest BCUT2D eigenvalue weighted by molar-refractivity contribution is -0.138. The van der Waals surface area contributed by atoms with Gasteiger partial charge in [0.2, 0.25) is 11.8 Å². The third-order valence-electron chi connectivity index (χ3n) is 7.92.